The van der Waals surface area contributed by atoms with Crippen LogP contribution in [0.15, 0.2) is 0 Å². The van der Waals surface area contributed by atoms with Crippen molar-refractivity contribution in [1.29, 1.82) is 0 Å². The molecule has 0 unspecified atom stereocenters. The molecule has 16 heavy (non-hydrogen) atoms. The zero-order valence-corrected chi connectivity index (χ0v) is 11.6. The summed E-state index contributed by atoms with van der Waals surface area (Å²) in [5.41, 5.74) is 0. The summed E-state index contributed by atoms with van der Waals surface area (Å²) < 4.78 is 0. The van der Waals surface area contributed by atoms with E-state index in [1.165, 1.54) is 38.8 Å². The Morgan fingerprint density at radius 1 is 0.875 bits per heavy atom. The van der Waals surface area contributed by atoms with Crippen LogP contribution in [0.4, 0.5) is 0 Å². The number of piperidine rings is 1. The highest BCUT2D eigenvalue weighted by atomic mass is 15.2. The summed E-state index contributed by atoms with van der Waals surface area (Å²) in [6.45, 7) is 12.4. The Morgan fingerprint density at radius 3 is 1.94 bits per heavy atom. The highest BCUT2D eigenvalue weighted by Gasteiger charge is 2.36. The largest absolute Gasteiger partial charge is 0.300 e. The fourth-order valence-corrected chi connectivity index (χ4v) is 3.64. The predicted octanol–water partition coefficient (Wildman–Crippen LogP) is 3.79. The second-order valence-electron chi connectivity index (χ2n) is 6.68. The van der Waals surface area contributed by atoms with Crippen LogP contribution in [0.2, 0.25) is 0 Å². The van der Waals surface area contributed by atoms with Gasteiger partial charge < -0.3 is 4.90 Å². The third kappa shape index (κ3) is 2.45. The predicted molar refractivity (Wildman–Crippen MR) is 70.5 cm³/mol. The van der Waals surface area contributed by atoms with Gasteiger partial charge in [0.05, 0.1) is 0 Å². The van der Waals surface area contributed by atoms with Crippen LogP contribution in [-0.2, 0) is 0 Å². The van der Waals surface area contributed by atoms with Crippen molar-refractivity contribution in [3.8, 4) is 0 Å². The van der Waals surface area contributed by atoms with Crippen molar-refractivity contribution >= 4 is 0 Å². The first-order valence-electron chi connectivity index (χ1n) is 7.33. The molecule has 94 valence electrons. The summed E-state index contributed by atoms with van der Waals surface area (Å²) in [5.74, 6) is 3.64. The summed E-state index contributed by atoms with van der Waals surface area (Å²) in [6, 6.07) is 0.953. The van der Waals surface area contributed by atoms with Gasteiger partial charge in [-0.3, -0.25) is 0 Å². The van der Waals surface area contributed by atoms with E-state index in [4.69, 9.17) is 0 Å². The highest BCUT2D eigenvalue weighted by Crippen LogP contribution is 2.37. The molecule has 1 aliphatic carbocycles. The van der Waals surface area contributed by atoms with Crippen LogP contribution in [0, 0.1) is 23.7 Å². The zero-order chi connectivity index (χ0) is 11.7. The first kappa shape index (κ1) is 12.4. The molecular formula is C15H29N. The van der Waals surface area contributed by atoms with E-state index in [1.807, 2.05) is 0 Å². The summed E-state index contributed by atoms with van der Waals surface area (Å²) >= 11 is 0. The topological polar surface area (TPSA) is 3.24 Å². The van der Waals surface area contributed by atoms with Crippen molar-refractivity contribution in [3.63, 3.8) is 0 Å². The molecule has 0 N–H and O–H groups in total. The van der Waals surface area contributed by atoms with Gasteiger partial charge in [-0.25, -0.2) is 0 Å². The summed E-state index contributed by atoms with van der Waals surface area (Å²) in [7, 11) is 0. The zero-order valence-electron chi connectivity index (χ0n) is 11.6. The van der Waals surface area contributed by atoms with Crippen molar-refractivity contribution in [2.45, 2.75) is 59.4 Å². The quantitative estimate of drug-likeness (QED) is 0.703. The lowest BCUT2D eigenvalue weighted by molar-refractivity contribution is 0.0150. The fraction of sp³-hybridized carbons (Fsp3) is 1.00. The molecule has 1 heterocycles. The van der Waals surface area contributed by atoms with E-state index in [2.05, 4.69) is 32.6 Å². The molecule has 1 saturated heterocycles. The van der Waals surface area contributed by atoms with Crippen molar-refractivity contribution in [2.75, 3.05) is 13.1 Å². The molecule has 2 aliphatic rings. The number of likely N-dealkylation sites (tertiary alicyclic amines) is 1. The molecule has 0 aromatic carbocycles. The molecule has 2 atom stereocenters. The number of rotatable bonds is 3. The van der Waals surface area contributed by atoms with Gasteiger partial charge >= 0.3 is 0 Å². The van der Waals surface area contributed by atoms with Gasteiger partial charge in [-0.15, -0.1) is 0 Å². The average Bonchev–Trinajstić information content (AvgIpc) is 2.14. The normalized spacial score (nSPS) is 33.4. The van der Waals surface area contributed by atoms with Crippen LogP contribution in [0.25, 0.3) is 0 Å². The van der Waals surface area contributed by atoms with Crippen LogP contribution in [-0.4, -0.2) is 24.0 Å². The van der Waals surface area contributed by atoms with Crippen molar-refractivity contribution < 1.29 is 0 Å². The highest BCUT2D eigenvalue weighted by molar-refractivity contribution is 4.89. The minimum absolute atomic E-state index is 0.857. The smallest absolute Gasteiger partial charge is 0.00953 e. The second-order valence-corrected chi connectivity index (χ2v) is 6.68. The Balaban J connectivity index is 1.96. The molecule has 0 radical (unpaired) electrons. The average molecular weight is 223 g/mol. The maximum absolute atomic E-state index is 2.80. The van der Waals surface area contributed by atoms with Gasteiger partial charge in [0, 0.05) is 12.6 Å². The molecule has 0 bridgehead atoms. The maximum Gasteiger partial charge on any atom is 0.00953 e. The van der Waals surface area contributed by atoms with Crippen LogP contribution in [0.5, 0.6) is 0 Å². The molecule has 1 heteroatoms. The Bertz CT molecular complexity index is 217. The van der Waals surface area contributed by atoms with Gasteiger partial charge in [-0.05, 0) is 49.5 Å². The minimum Gasteiger partial charge on any atom is -0.300 e. The van der Waals surface area contributed by atoms with Gasteiger partial charge in [0.1, 0.15) is 0 Å². The first-order valence-corrected chi connectivity index (χ1v) is 7.33. The molecule has 2 fully saturated rings. The second kappa shape index (κ2) is 5.08. The van der Waals surface area contributed by atoms with Crippen LogP contribution < -0.4 is 0 Å². The standard InChI is InChI=1S/C15H29N/c1-11(2)14-8-9-16(13-6-5-7-13)10-15(14)12(3)4/h11-15H,5-10H2,1-4H3/t14-,15-/m0/s1. The third-order valence-electron chi connectivity index (χ3n) is 5.05. The number of hydrogen-bond acceptors (Lipinski definition) is 1. The summed E-state index contributed by atoms with van der Waals surface area (Å²) in [6.07, 6.45) is 5.85. The van der Waals surface area contributed by atoms with Gasteiger partial charge in [-0.1, -0.05) is 34.1 Å². The molecule has 0 aromatic rings. The summed E-state index contributed by atoms with van der Waals surface area (Å²) in [5, 5.41) is 0. The third-order valence-corrected chi connectivity index (χ3v) is 5.05. The Morgan fingerprint density at radius 2 is 1.50 bits per heavy atom. The van der Waals surface area contributed by atoms with E-state index in [0.717, 1.165) is 29.7 Å². The maximum atomic E-state index is 2.80. The van der Waals surface area contributed by atoms with Crippen molar-refractivity contribution in [1.82, 2.24) is 4.90 Å². The minimum atomic E-state index is 0.857. The molecule has 0 aromatic heterocycles. The monoisotopic (exact) mass is 223 g/mol. The van der Waals surface area contributed by atoms with Crippen LogP contribution in [0.3, 0.4) is 0 Å². The molecule has 0 amide bonds. The van der Waals surface area contributed by atoms with Gasteiger partial charge in [0.25, 0.3) is 0 Å². The first-order chi connectivity index (χ1) is 7.59. The van der Waals surface area contributed by atoms with Gasteiger partial charge in [0.15, 0.2) is 0 Å². The van der Waals surface area contributed by atoms with E-state index in [9.17, 15) is 0 Å². The summed E-state index contributed by atoms with van der Waals surface area (Å²) in [4.78, 5) is 2.80. The Labute approximate surface area is 102 Å². The molecule has 0 spiro atoms. The van der Waals surface area contributed by atoms with E-state index in [0.29, 0.717) is 0 Å². The Hall–Kier alpha value is -0.0400. The lowest BCUT2D eigenvalue weighted by atomic mass is 9.72. The lowest BCUT2D eigenvalue weighted by Gasteiger charge is -2.47. The van der Waals surface area contributed by atoms with Crippen molar-refractivity contribution in [3.05, 3.63) is 0 Å². The lowest BCUT2D eigenvalue weighted by Crippen LogP contribution is -2.50. The number of nitrogens with zero attached hydrogens (tertiary/aromatic N) is 1. The van der Waals surface area contributed by atoms with Crippen molar-refractivity contribution in [2.24, 2.45) is 23.7 Å². The van der Waals surface area contributed by atoms with Crippen LogP contribution in [0.1, 0.15) is 53.4 Å². The molecule has 1 saturated carbocycles. The van der Waals surface area contributed by atoms with E-state index < -0.39 is 0 Å². The fourth-order valence-electron chi connectivity index (χ4n) is 3.64. The van der Waals surface area contributed by atoms with Gasteiger partial charge in [-0.2, -0.15) is 0 Å². The SMILES string of the molecule is CC(C)[C@@H]1CCN(C2CCC2)C[C@H]1C(C)C. The molecule has 2 rings (SSSR count). The number of hydrogen-bond donors (Lipinski definition) is 0. The van der Waals surface area contributed by atoms with E-state index >= 15 is 0 Å². The van der Waals surface area contributed by atoms with Crippen LogP contribution >= 0.6 is 0 Å². The van der Waals surface area contributed by atoms with Gasteiger partial charge in [0.2, 0.25) is 0 Å². The van der Waals surface area contributed by atoms with E-state index in [1.54, 1.807) is 0 Å². The molecule has 1 aliphatic heterocycles. The molecule has 1 nitrogen and oxygen atoms in total. The Kier molecular flexibility index (Phi) is 3.94. The van der Waals surface area contributed by atoms with E-state index in [-0.39, 0.29) is 0 Å². The molecular weight excluding hydrogens is 194 g/mol.